The van der Waals surface area contributed by atoms with Crippen LogP contribution in [0.15, 0.2) is 22.7 Å². The Hall–Kier alpha value is -0.740. The molecule has 4 heteroatoms. The molecule has 112 valence electrons. The van der Waals surface area contributed by atoms with Gasteiger partial charge in [0.15, 0.2) is 0 Å². The molecule has 3 nitrogen and oxygen atoms in total. The smallest absolute Gasteiger partial charge is 0.133 e. The fourth-order valence-corrected chi connectivity index (χ4v) is 3.07. The van der Waals surface area contributed by atoms with E-state index in [9.17, 15) is 0 Å². The predicted octanol–water partition coefficient (Wildman–Crippen LogP) is 4.15. The maximum absolute atomic E-state index is 5.78. The van der Waals surface area contributed by atoms with Crippen LogP contribution < -0.4 is 14.8 Å². The molecule has 1 aliphatic rings. The van der Waals surface area contributed by atoms with E-state index in [4.69, 9.17) is 9.47 Å². The maximum Gasteiger partial charge on any atom is 0.133 e. The van der Waals surface area contributed by atoms with Gasteiger partial charge in [-0.05, 0) is 59.9 Å². The molecule has 0 heterocycles. The highest BCUT2D eigenvalue weighted by Gasteiger charge is 2.11. The van der Waals surface area contributed by atoms with Gasteiger partial charge in [-0.1, -0.05) is 19.3 Å². The summed E-state index contributed by atoms with van der Waals surface area (Å²) in [7, 11) is 1.67. The van der Waals surface area contributed by atoms with Crippen molar-refractivity contribution in [3.8, 4) is 11.5 Å². The van der Waals surface area contributed by atoms with E-state index in [0.717, 1.165) is 41.6 Å². The molecule has 20 heavy (non-hydrogen) atoms. The topological polar surface area (TPSA) is 30.5 Å². The van der Waals surface area contributed by atoms with E-state index in [0.29, 0.717) is 0 Å². The van der Waals surface area contributed by atoms with E-state index in [1.54, 1.807) is 7.11 Å². The Bertz CT molecular complexity index is 405. The molecule has 0 unspecified atom stereocenters. The zero-order chi connectivity index (χ0) is 14.2. The van der Waals surface area contributed by atoms with E-state index in [1.807, 2.05) is 18.2 Å². The lowest BCUT2D eigenvalue weighted by Gasteiger charge is -2.22. The zero-order valence-electron chi connectivity index (χ0n) is 12.2. The molecule has 1 aromatic rings. The standard InChI is InChI=1S/C16H24BrNO2/c1-19-14-8-9-16(15(17)12-14)20-11-5-10-18-13-6-3-2-4-7-13/h8-9,12-13,18H,2-7,10-11H2,1H3. The predicted molar refractivity (Wildman–Crippen MR) is 85.7 cm³/mol. The number of nitrogens with one attached hydrogen (secondary N) is 1. The largest absolute Gasteiger partial charge is 0.497 e. The summed E-state index contributed by atoms with van der Waals surface area (Å²) < 4.78 is 11.9. The van der Waals surface area contributed by atoms with Crippen LogP contribution in [-0.2, 0) is 0 Å². The zero-order valence-corrected chi connectivity index (χ0v) is 13.7. The molecule has 0 spiro atoms. The second-order valence-electron chi connectivity index (χ2n) is 5.29. The number of halogens is 1. The monoisotopic (exact) mass is 341 g/mol. The SMILES string of the molecule is COc1ccc(OCCCNC2CCCCC2)c(Br)c1. The van der Waals surface area contributed by atoms with Gasteiger partial charge in [-0.15, -0.1) is 0 Å². The number of hydrogen-bond acceptors (Lipinski definition) is 3. The molecular formula is C16H24BrNO2. The minimum Gasteiger partial charge on any atom is -0.497 e. The van der Waals surface area contributed by atoms with Crippen molar-refractivity contribution in [1.29, 1.82) is 0 Å². The van der Waals surface area contributed by atoms with Gasteiger partial charge in [-0.2, -0.15) is 0 Å². The van der Waals surface area contributed by atoms with E-state index < -0.39 is 0 Å². The van der Waals surface area contributed by atoms with Crippen LogP contribution >= 0.6 is 15.9 Å². The molecule has 2 rings (SSSR count). The highest BCUT2D eigenvalue weighted by molar-refractivity contribution is 9.10. The minimum absolute atomic E-state index is 0.733. The molecule has 1 aromatic carbocycles. The average Bonchev–Trinajstić information content (AvgIpc) is 2.49. The molecule has 0 bridgehead atoms. The van der Waals surface area contributed by atoms with Gasteiger partial charge >= 0.3 is 0 Å². The summed E-state index contributed by atoms with van der Waals surface area (Å²) in [6.45, 7) is 1.78. The minimum atomic E-state index is 0.733. The summed E-state index contributed by atoms with van der Waals surface area (Å²) in [5.41, 5.74) is 0. The van der Waals surface area contributed by atoms with Crippen molar-refractivity contribution in [3.05, 3.63) is 22.7 Å². The molecule has 1 saturated carbocycles. The lowest BCUT2D eigenvalue weighted by Crippen LogP contribution is -2.32. The molecule has 1 fully saturated rings. The van der Waals surface area contributed by atoms with Crippen molar-refractivity contribution in [2.75, 3.05) is 20.3 Å². The Morgan fingerprint density at radius 3 is 2.75 bits per heavy atom. The summed E-state index contributed by atoms with van der Waals surface area (Å²) in [6, 6.07) is 6.52. The first-order chi connectivity index (χ1) is 9.79. The fourth-order valence-electron chi connectivity index (χ4n) is 2.59. The molecule has 0 amide bonds. The van der Waals surface area contributed by atoms with Crippen LogP contribution in [0, 0.1) is 0 Å². The van der Waals surface area contributed by atoms with Gasteiger partial charge in [0, 0.05) is 6.04 Å². The Balaban J connectivity index is 1.63. The second-order valence-corrected chi connectivity index (χ2v) is 6.14. The van der Waals surface area contributed by atoms with Crippen molar-refractivity contribution in [2.24, 2.45) is 0 Å². The summed E-state index contributed by atoms with van der Waals surface area (Å²) in [4.78, 5) is 0. The summed E-state index contributed by atoms with van der Waals surface area (Å²) in [5, 5.41) is 3.63. The number of methoxy groups -OCH3 is 1. The van der Waals surface area contributed by atoms with Crippen LogP contribution in [0.2, 0.25) is 0 Å². The van der Waals surface area contributed by atoms with Crippen molar-refractivity contribution >= 4 is 15.9 Å². The molecule has 0 saturated heterocycles. The highest BCUT2D eigenvalue weighted by Crippen LogP contribution is 2.29. The van der Waals surface area contributed by atoms with E-state index in [2.05, 4.69) is 21.2 Å². The van der Waals surface area contributed by atoms with Crippen LogP contribution in [-0.4, -0.2) is 26.3 Å². The number of ether oxygens (including phenoxy) is 2. The third-order valence-corrected chi connectivity index (χ3v) is 4.38. The first-order valence-electron chi connectivity index (χ1n) is 7.49. The first-order valence-corrected chi connectivity index (χ1v) is 8.28. The van der Waals surface area contributed by atoms with Crippen LogP contribution in [0.25, 0.3) is 0 Å². The average molecular weight is 342 g/mol. The van der Waals surface area contributed by atoms with E-state index >= 15 is 0 Å². The first kappa shape index (κ1) is 15.6. The Labute approximate surface area is 130 Å². The van der Waals surface area contributed by atoms with Crippen molar-refractivity contribution in [2.45, 2.75) is 44.6 Å². The van der Waals surface area contributed by atoms with Crippen molar-refractivity contribution < 1.29 is 9.47 Å². The fraction of sp³-hybridized carbons (Fsp3) is 0.625. The molecular weight excluding hydrogens is 318 g/mol. The van der Waals surface area contributed by atoms with Crippen molar-refractivity contribution in [1.82, 2.24) is 5.32 Å². The van der Waals surface area contributed by atoms with Gasteiger partial charge in [0.2, 0.25) is 0 Å². The Morgan fingerprint density at radius 2 is 2.05 bits per heavy atom. The summed E-state index contributed by atoms with van der Waals surface area (Å²) >= 11 is 3.50. The van der Waals surface area contributed by atoms with Crippen molar-refractivity contribution in [3.63, 3.8) is 0 Å². The maximum atomic E-state index is 5.78. The number of hydrogen-bond donors (Lipinski definition) is 1. The van der Waals surface area contributed by atoms with Gasteiger partial charge in [-0.3, -0.25) is 0 Å². The third-order valence-electron chi connectivity index (χ3n) is 3.76. The number of benzene rings is 1. The molecule has 0 aromatic heterocycles. The van der Waals surface area contributed by atoms with E-state index in [1.165, 1.54) is 32.1 Å². The van der Waals surface area contributed by atoms with Crippen LogP contribution in [0.4, 0.5) is 0 Å². The van der Waals surface area contributed by atoms with Gasteiger partial charge in [0.1, 0.15) is 11.5 Å². The number of rotatable bonds is 7. The van der Waals surface area contributed by atoms with Crippen LogP contribution in [0.1, 0.15) is 38.5 Å². The molecule has 1 N–H and O–H groups in total. The van der Waals surface area contributed by atoms with Gasteiger partial charge in [0.25, 0.3) is 0 Å². The highest BCUT2D eigenvalue weighted by atomic mass is 79.9. The van der Waals surface area contributed by atoms with Gasteiger partial charge in [0.05, 0.1) is 18.2 Å². The van der Waals surface area contributed by atoms with Crippen LogP contribution in [0.3, 0.4) is 0 Å². The molecule has 1 aliphatic carbocycles. The Morgan fingerprint density at radius 1 is 1.25 bits per heavy atom. The molecule has 0 aliphatic heterocycles. The summed E-state index contributed by atoms with van der Waals surface area (Å²) in [6.07, 6.45) is 7.89. The van der Waals surface area contributed by atoms with Crippen LogP contribution in [0.5, 0.6) is 11.5 Å². The Kier molecular flexibility index (Phi) is 6.67. The third kappa shape index (κ3) is 4.98. The normalized spacial score (nSPS) is 16.1. The quantitative estimate of drug-likeness (QED) is 0.755. The summed E-state index contributed by atoms with van der Waals surface area (Å²) in [5.74, 6) is 1.71. The molecule has 0 radical (unpaired) electrons. The lowest BCUT2D eigenvalue weighted by molar-refractivity contribution is 0.295. The molecule has 0 atom stereocenters. The van der Waals surface area contributed by atoms with Gasteiger partial charge < -0.3 is 14.8 Å². The van der Waals surface area contributed by atoms with Gasteiger partial charge in [-0.25, -0.2) is 0 Å². The second kappa shape index (κ2) is 8.53. The van der Waals surface area contributed by atoms with E-state index in [-0.39, 0.29) is 0 Å². The lowest BCUT2D eigenvalue weighted by atomic mass is 9.95.